The fourth-order valence-electron chi connectivity index (χ4n) is 3.33. The summed E-state index contributed by atoms with van der Waals surface area (Å²) in [4.78, 5) is 29.6. The minimum Gasteiger partial charge on any atom is -0.382 e. The van der Waals surface area contributed by atoms with Gasteiger partial charge in [-0.05, 0) is 24.6 Å². The standard InChI is InChI=1S/C21H21N7O/c1-2-28-18-6-7-24-11-17(18)27-21(28)19-20(23)25-12-16(26-19)14-5-3-4-13(8-14)9-15(29)10-22/h3-8,11-12H,2,9-10,22H2,1H3,(H2,23,25). The van der Waals surface area contributed by atoms with Gasteiger partial charge in [-0.3, -0.25) is 9.78 Å². The van der Waals surface area contributed by atoms with Crippen molar-refractivity contribution in [3.8, 4) is 22.8 Å². The molecule has 3 aromatic heterocycles. The molecule has 4 aromatic rings. The van der Waals surface area contributed by atoms with Crippen LogP contribution in [0.5, 0.6) is 0 Å². The Morgan fingerprint density at radius 2 is 2.03 bits per heavy atom. The quantitative estimate of drug-likeness (QED) is 0.519. The van der Waals surface area contributed by atoms with Gasteiger partial charge in [0.1, 0.15) is 11.2 Å². The second-order valence-electron chi connectivity index (χ2n) is 6.65. The minimum atomic E-state index is -0.0171. The number of carbonyl (C=O) groups is 1. The Balaban J connectivity index is 1.80. The number of rotatable bonds is 6. The SMILES string of the molecule is CCn1c(-c2nc(-c3cccc(CC(=O)CN)c3)cnc2N)nc2cnccc21. The van der Waals surface area contributed by atoms with Gasteiger partial charge in [-0.15, -0.1) is 0 Å². The van der Waals surface area contributed by atoms with Crippen molar-refractivity contribution in [2.24, 2.45) is 5.73 Å². The van der Waals surface area contributed by atoms with E-state index in [1.165, 1.54) is 0 Å². The fraction of sp³-hybridized carbons (Fsp3) is 0.190. The van der Waals surface area contributed by atoms with Gasteiger partial charge < -0.3 is 16.0 Å². The number of fused-ring (bicyclic) bond motifs is 1. The second kappa shape index (κ2) is 7.76. The first kappa shape index (κ1) is 18.7. The highest BCUT2D eigenvalue weighted by Crippen LogP contribution is 2.28. The molecule has 0 radical (unpaired) electrons. The largest absolute Gasteiger partial charge is 0.382 e. The Labute approximate surface area is 167 Å². The van der Waals surface area contributed by atoms with Gasteiger partial charge in [-0.1, -0.05) is 18.2 Å². The number of hydrogen-bond acceptors (Lipinski definition) is 7. The zero-order valence-corrected chi connectivity index (χ0v) is 16.0. The van der Waals surface area contributed by atoms with E-state index in [9.17, 15) is 4.79 Å². The molecule has 8 nitrogen and oxygen atoms in total. The molecule has 1 aromatic carbocycles. The Hall–Kier alpha value is -3.65. The van der Waals surface area contributed by atoms with Crippen molar-refractivity contribution >= 4 is 22.6 Å². The number of anilines is 1. The molecule has 3 heterocycles. The molecule has 0 unspecified atom stereocenters. The number of nitrogens with zero attached hydrogens (tertiary/aromatic N) is 5. The second-order valence-corrected chi connectivity index (χ2v) is 6.65. The van der Waals surface area contributed by atoms with Crippen LogP contribution in [0, 0.1) is 0 Å². The lowest BCUT2D eigenvalue weighted by atomic mass is 10.0. The van der Waals surface area contributed by atoms with Gasteiger partial charge in [0.15, 0.2) is 17.4 Å². The lowest BCUT2D eigenvalue weighted by molar-refractivity contribution is -0.117. The minimum absolute atomic E-state index is 0.0171. The summed E-state index contributed by atoms with van der Waals surface area (Å²) in [5.41, 5.74) is 16.2. The van der Waals surface area contributed by atoms with E-state index in [2.05, 4.69) is 15.0 Å². The topological polar surface area (TPSA) is 126 Å². The summed E-state index contributed by atoms with van der Waals surface area (Å²) in [6, 6.07) is 9.55. The zero-order valence-electron chi connectivity index (χ0n) is 16.0. The van der Waals surface area contributed by atoms with Crippen molar-refractivity contribution in [2.45, 2.75) is 19.9 Å². The lowest BCUT2D eigenvalue weighted by Gasteiger charge is -2.10. The first-order valence-electron chi connectivity index (χ1n) is 9.35. The molecular formula is C21H21N7O. The first-order chi connectivity index (χ1) is 14.1. The predicted molar refractivity (Wildman–Crippen MR) is 112 cm³/mol. The van der Waals surface area contributed by atoms with Gasteiger partial charge >= 0.3 is 0 Å². The van der Waals surface area contributed by atoms with Crippen LogP contribution in [0.1, 0.15) is 12.5 Å². The molecule has 0 fully saturated rings. The first-order valence-corrected chi connectivity index (χ1v) is 9.35. The van der Waals surface area contributed by atoms with Crippen LogP contribution in [-0.2, 0) is 17.8 Å². The molecule has 0 amide bonds. The summed E-state index contributed by atoms with van der Waals surface area (Å²) in [5.74, 6) is 0.939. The molecule has 0 spiro atoms. The van der Waals surface area contributed by atoms with Crippen LogP contribution < -0.4 is 11.5 Å². The molecule has 4 N–H and O–H groups in total. The Morgan fingerprint density at radius 1 is 1.17 bits per heavy atom. The van der Waals surface area contributed by atoms with Gasteiger partial charge in [0, 0.05) is 24.7 Å². The fourth-order valence-corrected chi connectivity index (χ4v) is 3.33. The maximum atomic E-state index is 11.7. The van der Waals surface area contributed by atoms with E-state index >= 15 is 0 Å². The van der Waals surface area contributed by atoms with Crippen LogP contribution in [0.2, 0.25) is 0 Å². The van der Waals surface area contributed by atoms with Gasteiger partial charge in [-0.25, -0.2) is 15.0 Å². The number of nitrogens with two attached hydrogens (primary N) is 2. The summed E-state index contributed by atoms with van der Waals surface area (Å²) in [6.45, 7) is 2.77. The molecule has 8 heteroatoms. The van der Waals surface area contributed by atoms with Gasteiger partial charge in [0.25, 0.3) is 0 Å². The van der Waals surface area contributed by atoms with Gasteiger partial charge in [-0.2, -0.15) is 0 Å². The molecule has 0 saturated heterocycles. The summed E-state index contributed by atoms with van der Waals surface area (Å²) >= 11 is 0. The summed E-state index contributed by atoms with van der Waals surface area (Å²) in [7, 11) is 0. The van der Waals surface area contributed by atoms with Gasteiger partial charge in [0.05, 0.1) is 30.1 Å². The summed E-state index contributed by atoms with van der Waals surface area (Å²) in [6.07, 6.45) is 5.37. The van der Waals surface area contributed by atoms with Crippen molar-refractivity contribution in [1.29, 1.82) is 0 Å². The van der Waals surface area contributed by atoms with Crippen LogP contribution in [0.15, 0.2) is 48.9 Å². The van der Waals surface area contributed by atoms with E-state index in [0.717, 1.165) is 22.2 Å². The highest BCUT2D eigenvalue weighted by atomic mass is 16.1. The molecule has 0 bridgehead atoms. The number of aryl methyl sites for hydroxylation is 1. The molecule has 0 aliphatic heterocycles. The molecule has 146 valence electrons. The monoisotopic (exact) mass is 387 g/mol. The van der Waals surface area contributed by atoms with E-state index in [1.54, 1.807) is 18.6 Å². The third kappa shape index (κ3) is 3.57. The van der Waals surface area contributed by atoms with Crippen molar-refractivity contribution in [3.63, 3.8) is 0 Å². The number of carbonyl (C=O) groups excluding carboxylic acids is 1. The van der Waals surface area contributed by atoms with E-state index in [0.29, 0.717) is 29.6 Å². The average molecular weight is 387 g/mol. The van der Waals surface area contributed by atoms with Crippen LogP contribution in [0.3, 0.4) is 0 Å². The molecule has 0 aliphatic carbocycles. The van der Waals surface area contributed by atoms with Gasteiger partial charge in [0.2, 0.25) is 0 Å². The number of benzene rings is 1. The van der Waals surface area contributed by atoms with E-state index in [1.807, 2.05) is 41.8 Å². The number of pyridine rings is 1. The third-order valence-electron chi connectivity index (χ3n) is 4.73. The van der Waals surface area contributed by atoms with Crippen LogP contribution in [0.25, 0.3) is 33.8 Å². The number of ketones is 1. The summed E-state index contributed by atoms with van der Waals surface area (Å²) < 4.78 is 2.04. The highest BCUT2D eigenvalue weighted by molar-refractivity contribution is 5.83. The predicted octanol–water partition coefficient (Wildman–Crippen LogP) is 2.23. The van der Waals surface area contributed by atoms with Crippen molar-refractivity contribution in [2.75, 3.05) is 12.3 Å². The number of Topliss-reactive ketones (excluding diaryl/α,β-unsaturated/α-hetero) is 1. The molecule has 0 aliphatic rings. The average Bonchev–Trinajstić information content (AvgIpc) is 3.12. The van der Waals surface area contributed by atoms with Crippen LogP contribution >= 0.6 is 0 Å². The van der Waals surface area contributed by atoms with E-state index in [-0.39, 0.29) is 18.7 Å². The normalized spacial score (nSPS) is 11.1. The number of nitrogen functional groups attached to an aromatic ring is 1. The lowest BCUT2D eigenvalue weighted by Crippen LogP contribution is -2.15. The third-order valence-corrected chi connectivity index (χ3v) is 4.73. The molecular weight excluding hydrogens is 366 g/mol. The molecule has 29 heavy (non-hydrogen) atoms. The zero-order chi connectivity index (χ0) is 20.4. The Morgan fingerprint density at radius 3 is 2.83 bits per heavy atom. The van der Waals surface area contributed by atoms with Crippen molar-refractivity contribution < 1.29 is 4.79 Å². The molecule has 0 atom stereocenters. The maximum Gasteiger partial charge on any atom is 0.163 e. The van der Waals surface area contributed by atoms with E-state index < -0.39 is 0 Å². The smallest absolute Gasteiger partial charge is 0.163 e. The highest BCUT2D eigenvalue weighted by Gasteiger charge is 2.17. The number of aromatic nitrogens is 5. The summed E-state index contributed by atoms with van der Waals surface area (Å²) in [5, 5.41) is 0. The molecule has 0 saturated carbocycles. The number of hydrogen-bond donors (Lipinski definition) is 2. The number of imidazole rings is 1. The Bertz CT molecular complexity index is 1200. The van der Waals surface area contributed by atoms with Crippen molar-refractivity contribution in [3.05, 3.63) is 54.5 Å². The Kier molecular flexibility index (Phi) is 5.01. The maximum absolute atomic E-state index is 11.7. The van der Waals surface area contributed by atoms with Crippen LogP contribution in [-0.4, -0.2) is 36.8 Å². The van der Waals surface area contributed by atoms with E-state index in [4.69, 9.17) is 16.5 Å². The van der Waals surface area contributed by atoms with Crippen LogP contribution in [0.4, 0.5) is 5.82 Å². The van der Waals surface area contributed by atoms with Crippen molar-refractivity contribution in [1.82, 2.24) is 24.5 Å². The molecule has 4 rings (SSSR count).